The van der Waals surface area contributed by atoms with E-state index in [1.807, 2.05) is 40.5 Å². The molecule has 28 heavy (non-hydrogen) atoms. The number of aromatic nitrogens is 1. The lowest BCUT2D eigenvalue weighted by Gasteiger charge is -2.19. The summed E-state index contributed by atoms with van der Waals surface area (Å²) in [5.74, 6) is 0.0981. The van der Waals surface area contributed by atoms with Gasteiger partial charge in [0.15, 0.2) is 0 Å². The Morgan fingerprint density at radius 2 is 1.89 bits per heavy atom. The fourth-order valence-electron chi connectivity index (χ4n) is 3.44. The number of nitrogens with zero attached hydrogens (tertiary/aromatic N) is 2. The van der Waals surface area contributed by atoms with Crippen molar-refractivity contribution in [3.8, 4) is 0 Å². The van der Waals surface area contributed by atoms with Crippen LogP contribution in [0.5, 0.6) is 0 Å². The molecule has 0 spiro atoms. The second kappa shape index (κ2) is 7.81. The molecule has 0 aliphatic carbocycles. The number of nitrogens with one attached hydrogen (secondary N) is 1. The third-order valence-electron chi connectivity index (χ3n) is 4.83. The quantitative estimate of drug-likeness (QED) is 0.667. The van der Waals surface area contributed by atoms with Gasteiger partial charge in [-0.05, 0) is 65.2 Å². The summed E-state index contributed by atoms with van der Waals surface area (Å²) in [6, 6.07) is 12.8. The van der Waals surface area contributed by atoms with Crippen LogP contribution >= 0.6 is 11.3 Å². The zero-order chi connectivity index (χ0) is 19.6. The highest BCUT2D eigenvalue weighted by Gasteiger charge is 2.28. The van der Waals surface area contributed by atoms with Crippen LogP contribution in [0.2, 0.25) is 0 Å². The molecule has 1 saturated heterocycles. The SMILES string of the molecule is O=C(C[C@H](c1ccsc1)n1cccc1)Nc1ccc(N2CCCS2(=O)=O)cc1. The van der Waals surface area contributed by atoms with E-state index in [2.05, 4.69) is 10.7 Å². The highest BCUT2D eigenvalue weighted by molar-refractivity contribution is 7.93. The van der Waals surface area contributed by atoms with Crippen LogP contribution in [0.25, 0.3) is 0 Å². The number of hydrogen-bond acceptors (Lipinski definition) is 4. The minimum absolute atomic E-state index is 0.0599. The van der Waals surface area contributed by atoms with Crippen LogP contribution in [0, 0.1) is 0 Å². The van der Waals surface area contributed by atoms with Gasteiger partial charge in [0, 0.05) is 24.6 Å². The van der Waals surface area contributed by atoms with Crippen molar-refractivity contribution in [2.24, 2.45) is 0 Å². The molecule has 1 N–H and O–H groups in total. The maximum atomic E-state index is 12.6. The molecule has 1 aliphatic heterocycles. The van der Waals surface area contributed by atoms with E-state index < -0.39 is 10.0 Å². The number of carbonyl (C=O) groups excluding carboxylic acids is 1. The lowest BCUT2D eigenvalue weighted by Crippen LogP contribution is -2.25. The van der Waals surface area contributed by atoms with Crippen molar-refractivity contribution < 1.29 is 13.2 Å². The molecule has 0 saturated carbocycles. The van der Waals surface area contributed by atoms with Crippen molar-refractivity contribution in [2.75, 3.05) is 21.9 Å². The highest BCUT2D eigenvalue weighted by atomic mass is 32.2. The Labute approximate surface area is 168 Å². The van der Waals surface area contributed by atoms with Crippen molar-refractivity contribution in [1.82, 2.24) is 4.57 Å². The third-order valence-corrected chi connectivity index (χ3v) is 7.40. The van der Waals surface area contributed by atoms with E-state index >= 15 is 0 Å². The lowest BCUT2D eigenvalue weighted by molar-refractivity contribution is -0.116. The van der Waals surface area contributed by atoms with Crippen molar-refractivity contribution in [3.05, 3.63) is 71.2 Å². The number of benzene rings is 1. The zero-order valence-corrected chi connectivity index (χ0v) is 16.8. The van der Waals surface area contributed by atoms with E-state index in [1.165, 1.54) is 4.31 Å². The lowest BCUT2D eigenvalue weighted by atomic mass is 10.1. The van der Waals surface area contributed by atoms with Gasteiger partial charge in [-0.1, -0.05) is 0 Å². The van der Waals surface area contributed by atoms with Gasteiger partial charge in [-0.25, -0.2) is 8.42 Å². The van der Waals surface area contributed by atoms with Gasteiger partial charge in [-0.3, -0.25) is 9.10 Å². The Hall–Kier alpha value is -2.58. The predicted molar refractivity (Wildman–Crippen MR) is 112 cm³/mol. The van der Waals surface area contributed by atoms with Gasteiger partial charge in [0.2, 0.25) is 15.9 Å². The van der Waals surface area contributed by atoms with E-state index in [0.717, 1.165) is 5.56 Å². The van der Waals surface area contributed by atoms with E-state index in [1.54, 1.807) is 35.6 Å². The Balaban J connectivity index is 1.44. The number of anilines is 2. The maximum Gasteiger partial charge on any atom is 0.235 e. The van der Waals surface area contributed by atoms with Crippen LogP contribution in [-0.4, -0.2) is 31.2 Å². The molecule has 146 valence electrons. The second-order valence-corrected chi connectivity index (χ2v) is 9.54. The first-order chi connectivity index (χ1) is 13.5. The summed E-state index contributed by atoms with van der Waals surface area (Å²) in [7, 11) is -3.20. The molecule has 2 aromatic heterocycles. The molecule has 6 nitrogen and oxygen atoms in total. The second-order valence-electron chi connectivity index (χ2n) is 6.74. The Bertz CT molecular complexity index is 993. The van der Waals surface area contributed by atoms with Gasteiger partial charge >= 0.3 is 0 Å². The van der Waals surface area contributed by atoms with E-state index in [4.69, 9.17) is 0 Å². The number of carbonyl (C=O) groups is 1. The molecule has 0 unspecified atom stereocenters. The Kier molecular flexibility index (Phi) is 5.23. The average molecular weight is 416 g/mol. The van der Waals surface area contributed by atoms with Crippen LogP contribution in [0.1, 0.15) is 24.4 Å². The fraction of sp³-hybridized carbons (Fsp3) is 0.250. The van der Waals surface area contributed by atoms with Crippen molar-refractivity contribution in [1.29, 1.82) is 0 Å². The first kappa shape index (κ1) is 18.8. The fourth-order valence-corrected chi connectivity index (χ4v) is 5.72. The number of amides is 1. The van der Waals surface area contributed by atoms with Crippen molar-refractivity contribution in [3.63, 3.8) is 0 Å². The summed E-state index contributed by atoms with van der Waals surface area (Å²) in [5.41, 5.74) is 2.40. The minimum Gasteiger partial charge on any atom is -0.346 e. The number of thiophene rings is 1. The molecular formula is C20H21N3O3S2. The molecule has 3 aromatic rings. The molecule has 3 heterocycles. The maximum absolute atomic E-state index is 12.6. The van der Waals surface area contributed by atoms with Crippen molar-refractivity contribution >= 4 is 38.6 Å². The molecule has 1 atom stereocenters. The van der Waals surface area contributed by atoms with Crippen LogP contribution in [0.4, 0.5) is 11.4 Å². The first-order valence-corrected chi connectivity index (χ1v) is 11.6. The number of sulfonamides is 1. The predicted octanol–water partition coefficient (Wildman–Crippen LogP) is 3.71. The van der Waals surface area contributed by atoms with E-state index in [-0.39, 0.29) is 17.7 Å². The normalized spacial score (nSPS) is 16.8. The standard InChI is InChI=1S/C20H21N3O3S2/c24-20(14-19(16-8-12-27-15-16)22-9-1-2-10-22)21-17-4-6-18(7-5-17)23-11-3-13-28(23,25)26/h1-2,4-10,12,15,19H,3,11,13-14H2,(H,21,24)/t19-/m1/s1. The largest absolute Gasteiger partial charge is 0.346 e. The summed E-state index contributed by atoms with van der Waals surface area (Å²) >= 11 is 1.61. The van der Waals surface area contributed by atoms with Crippen molar-refractivity contribution in [2.45, 2.75) is 18.9 Å². The molecule has 4 rings (SSSR count). The first-order valence-electron chi connectivity index (χ1n) is 9.08. The van der Waals surface area contributed by atoms with Crippen LogP contribution < -0.4 is 9.62 Å². The molecule has 8 heteroatoms. The molecule has 1 amide bonds. The summed E-state index contributed by atoms with van der Waals surface area (Å²) in [5, 5.41) is 6.99. The average Bonchev–Trinajstić information content (AvgIpc) is 3.42. The van der Waals surface area contributed by atoms with Gasteiger partial charge in [0.25, 0.3) is 0 Å². The van der Waals surface area contributed by atoms with Crippen LogP contribution in [0.3, 0.4) is 0 Å². The highest BCUT2D eigenvalue weighted by Crippen LogP contribution is 2.27. The smallest absolute Gasteiger partial charge is 0.235 e. The zero-order valence-electron chi connectivity index (χ0n) is 15.2. The molecule has 1 aromatic carbocycles. The molecule has 1 fully saturated rings. The van der Waals surface area contributed by atoms with Gasteiger partial charge in [0.05, 0.1) is 23.9 Å². The Morgan fingerprint density at radius 1 is 1.14 bits per heavy atom. The summed E-state index contributed by atoms with van der Waals surface area (Å²) in [6.07, 6.45) is 4.87. The molecule has 0 bridgehead atoms. The topological polar surface area (TPSA) is 71.4 Å². The van der Waals surface area contributed by atoms with Gasteiger partial charge in [0.1, 0.15) is 0 Å². The van der Waals surface area contributed by atoms with E-state index in [0.29, 0.717) is 30.8 Å². The third kappa shape index (κ3) is 3.98. The van der Waals surface area contributed by atoms with E-state index in [9.17, 15) is 13.2 Å². The molecular weight excluding hydrogens is 394 g/mol. The Morgan fingerprint density at radius 3 is 2.50 bits per heavy atom. The minimum atomic E-state index is -3.20. The summed E-state index contributed by atoms with van der Waals surface area (Å²) in [6.45, 7) is 0.507. The van der Waals surface area contributed by atoms with Crippen LogP contribution in [0.15, 0.2) is 65.6 Å². The molecule has 1 aliphatic rings. The summed E-state index contributed by atoms with van der Waals surface area (Å²) in [4.78, 5) is 12.6. The van der Waals surface area contributed by atoms with Gasteiger partial charge in [-0.2, -0.15) is 11.3 Å². The van der Waals surface area contributed by atoms with Crippen LogP contribution in [-0.2, 0) is 14.8 Å². The van der Waals surface area contributed by atoms with Gasteiger partial charge < -0.3 is 9.88 Å². The summed E-state index contributed by atoms with van der Waals surface area (Å²) < 4.78 is 27.5. The number of rotatable bonds is 6. The molecule has 0 radical (unpaired) electrons. The number of hydrogen-bond donors (Lipinski definition) is 1. The van der Waals surface area contributed by atoms with Gasteiger partial charge in [-0.15, -0.1) is 0 Å². The monoisotopic (exact) mass is 415 g/mol.